The van der Waals surface area contributed by atoms with E-state index in [-0.39, 0.29) is 0 Å². The van der Waals surface area contributed by atoms with Gasteiger partial charge in [-0.05, 0) is 74.6 Å². The third kappa shape index (κ3) is 4.13. The number of ether oxygens (including phenoxy) is 1. The lowest BCUT2D eigenvalue weighted by molar-refractivity contribution is -0.145. The Morgan fingerprint density at radius 2 is 1.57 bits per heavy atom. The molecule has 0 fully saturated rings. The summed E-state index contributed by atoms with van der Waals surface area (Å²) in [5.41, 5.74) is 6.70. The highest BCUT2D eigenvalue weighted by molar-refractivity contribution is 5.73. The molecule has 3 nitrogen and oxygen atoms in total. The molecule has 0 bridgehead atoms. The van der Waals surface area contributed by atoms with Gasteiger partial charge in [0.25, 0.3) is 0 Å². The summed E-state index contributed by atoms with van der Waals surface area (Å²) < 4.78 is 5.76. The Balaban J connectivity index is 2.26. The highest BCUT2D eigenvalue weighted by Gasteiger charge is 2.22. The van der Waals surface area contributed by atoms with Crippen molar-refractivity contribution in [3.8, 4) is 5.75 Å². The van der Waals surface area contributed by atoms with E-state index in [1.54, 1.807) is 0 Å². The maximum Gasteiger partial charge on any atom is 0.345 e. The average molecular weight is 312 g/mol. The Labute approximate surface area is 137 Å². The normalized spacial score (nSPS) is 12.0. The number of rotatable bonds is 5. The van der Waals surface area contributed by atoms with Gasteiger partial charge in [-0.25, -0.2) is 4.79 Å². The fourth-order valence-corrected chi connectivity index (χ4v) is 2.85. The van der Waals surface area contributed by atoms with E-state index in [0.29, 0.717) is 12.2 Å². The molecule has 1 atom stereocenters. The summed E-state index contributed by atoms with van der Waals surface area (Å²) >= 11 is 0. The Morgan fingerprint density at radius 3 is 2.09 bits per heavy atom. The van der Waals surface area contributed by atoms with E-state index >= 15 is 0 Å². The molecule has 2 aromatic rings. The van der Waals surface area contributed by atoms with Crippen LogP contribution in [-0.4, -0.2) is 17.2 Å². The van der Waals surface area contributed by atoms with Gasteiger partial charge in [-0.2, -0.15) is 0 Å². The maximum atomic E-state index is 11.6. The SMILES string of the molecule is Cc1cc(C)c(CC(Oc2ccc(C)c(C)c2)C(=O)O)c(C)c1. The van der Waals surface area contributed by atoms with Gasteiger partial charge in [-0.3, -0.25) is 0 Å². The zero-order valence-corrected chi connectivity index (χ0v) is 14.4. The quantitative estimate of drug-likeness (QED) is 0.895. The minimum Gasteiger partial charge on any atom is -0.478 e. The van der Waals surface area contributed by atoms with Gasteiger partial charge >= 0.3 is 5.97 Å². The molecule has 0 amide bonds. The molecule has 0 aliphatic heterocycles. The molecule has 0 aliphatic rings. The Bertz CT molecular complexity index is 709. The second-order valence-electron chi connectivity index (χ2n) is 6.27. The van der Waals surface area contributed by atoms with Crippen molar-refractivity contribution in [1.82, 2.24) is 0 Å². The predicted octanol–water partition coefficient (Wildman–Crippen LogP) is 4.30. The Kier molecular flexibility index (Phi) is 5.09. The van der Waals surface area contributed by atoms with Gasteiger partial charge in [-0.15, -0.1) is 0 Å². The van der Waals surface area contributed by atoms with E-state index in [2.05, 4.69) is 12.1 Å². The minimum atomic E-state index is -0.942. The zero-order valence-electron chi connectivity index (χ0n) is 14.4. The standard InChI is InChI=1S/C20H24O3/c1-12-8-15(4)18(16(5)9-12)11-19(20(21)22)23-17-7-6-13(2)14(3)10-17/h6-10,19H,11H2,1-5H3,(H,21,22). The molecule has 0 saturated heterocycles. The topological polar surface area (TPSA) is 46.5 Å². The summed E-state index contributed by atoms with van der Waals surface area (Å²) in [5, 5.41) is 9.53. The van der Waals surface area contributed by atoms with Crippen LogP contribution in [0.5, 0.6) is 5.75 Å². The summed E-state index contributed by atoms with van der Waals surface area (Å²) in [6.45, 7) is 10.1. The summed E-state index contributed by atoms with van der Waals surface area (Å²) in [7, 11) is 0. The van der Waals surface area contributed by atoms with Crippen molar-refractivity contribution >= 4 is 5.97 Å². The molecular formula is C20H24O3. The van der Waals surface area contributed by atoms with Gasteiger partial charge < -0.3 is 9.84 Å². The molecule has 2 rings (SSSR count). The van der Waals surface area contributed by atoms with Crippen LogP contribution >= 0.6 is 0 Å². The van der Waals surface area contributed by atoms with Crippen molar-refractivity contribution in [3.63, 3.8) is 0 Å². The molecule has 0 radical (unpaired) electrons. The highest BCUT2D eigenvalue weighted by Crippen LogP contribution is 2.22. The van der Waals surface area contributed by atoms with Gasteiger partial charge in [0.2, 0.25) is 0 Å². The number of hydrogen-bond donors (Lipinski definition) is 1. The van der Waals surface area contributed by atoms with Crippen molar-refractivity contribution in [3.05, 3.63) is 63.7 Å². The molecule has 0 aromatic heterocycles. The van der Waals surface area contributed by atoms with E-state index in [1.165, 1.54) is 5.56 Å². The molecule has 1 unspecified atom stereocenters. The molecule has 2 aromatic carbocycles. The minimum absolute atomic E-state index is 0.361. The van der Waals surface area contributed by atoms with Gasteiger partial charge in [0.1, 0.15) is 5.75 Å². The van der Waals surface area contributed by atoms with E-state index in [9.17, 15) is 9.90 Å². The Hall–Kier alpha value is -2.29. The summed E-state index contributed by atoms with van der Waals surface area (Å²) in [5.74, 6) is -0.342. The van der Waals surface area contributed by atoms with Crippen LogP contribution in [0, 0.1) is 34.6 Å². The van der Waals surface area contributed by atoms with Crippen LogP contribution < -0.4 is 4.74 Å². The third-order valence-corrected chi connectivity index (χ3v) is 4.26. The van der Waals surface area contributed by atoms with E-state index in [1.807, 2.05) is 52.8 Å². The van der Waals surface area contributed by atoms with Gasteiger partial charge in [0.15, 0.2) is 6.10 Å². The molecule has 3 heteroatoms. The number of benzene rings is 2. The third-order valence-electron chi connectivity index (χ3n) is 4.26. The first-order valence-corrected chi connectivity index (χ1v) is 7.81. The molecule has 0 aliphatic carbocycles. The van der Waals surface area contributed by atoms with Gasteiger partial charge in [0, 0.05) is 6.42 Å². The Morgan fingerprint density at radius 1 is 0.957 bits per heavy atom. The molecule has 0 spiro atoms. The van der Waals surface area contributed by atoms with E-state index < -0.39 is 12.1 Å². The smallest absolute Gasteiger partial charge is 0.345 e. The second kappa shape index (κ2) is 6.86. The lowest BCUT2D eigenvalue weighted by Gasteiger charge is -2.19. The first-order chi connectivity index (χ1) is 10.8. The number of hydrogen-bond acceptors (Lipinski definition) is 2. The molecular weight excluding hydrogens is 288 g/mol. The molecule has 122 valence electrons. The zero-order chi connectivity index (χ0) is 17.1. The fraction of sp³-hybridized carbons (Fsp3) is 0.350. The lowest BCUT2D eigenvalue weighted by Crippen LogP contribution is -2.30. The average Bonchev–Trinajstić information content (AvgIpc) is 2.45. The molecule has 1 N–H and O–H groups in total. The highest BCUT2D eigenvalue weighted by atomic mass is 16.5. The number of aliphatic carboxylic acids is 1. The van der Waals surface area contributed by atoms with Crippen molar-refractivity contribution in [1.29, 1.82) is 0 Å². The van der Waals surface area contributed by atoms with Crippen LogP contribution in [0.2, 0.25) is 0 Å². The number of carbonyl (C=O) groups is 1. The van der Waals surface area contributed by atoms with Gasteiger partial charge in [0.05, 0.1) is 0 Å². The van der Waals surface area contributed by atoms with Crippen LogP contribution in [0.15, 0.2) is 30.3 Å². The summed E-state index contributed by atoms with van der Waals surface area (Å²) in [6, 6.07) is 9.83. The maximum absolute atomic E-state index is 11.6. The number of aryl methyl sites for hydroxylation is 5. The largest absolute Gasteiger partial charge is 0.478 e. The second-order valence-corrected chi connectivity index (χ2v) is 6.27. The molecule has 0 saturated carbocycles. The van der Waals surface area contributed by atoms with E-state index in [0.717, 1.165) is 27.8 Å². The van der Waals surface area contributed by atoms with E-state index in [4.69, 9.17) is 4.74 Å². The van der Waals surface area contributed by atoms with Crippen LogP contribution in [-0.2, 0) is 11.2 Å². The first kappa shape index (κ1) is 17.1. The van der Waals surface area contributed by atoms with Crippen LogP contribution in [0.25, 0.3) is 0 Å². The van der Waals surface area contributed by atoms with Crippen LogP contribution in [0.3, 0.4) is 0 Å². The van der Waals surface area contributed by atoms with Gasteiger partial charge in [-0.1, -0.05) is 23.8 Å². The van der Waals surface area contributed by atoms with Crippen molar-refractivity contribution < 1.29 is 14.6 Å². The van der Waals surface area contributed by atoms with Crippen LogP contribution in [0.4, 0.5) is 0 Å². The van der Waals surface area contributed by atoms with Crippen molar-refractivity contribution in [2.45, 2.75) is 47.1 Å². The number of carboxylic acid groups (broad SMARTS) is 1. The molecule has 0 heterocycles. The fourth-order valence-electron chi connectivity index (χ4n) is 2.85. The summed E-state index contributed by atoms with van der Waals surface area (Å²) in [6.07, 6.45) is -0.530. The van der Waals surface area contributed by atoms with Crippen molar-refractivity contribution in [2.75, 3.05) is 0 Å². The first-order valence-electron chi connectivity index (χ1n) is 7.81. The summed E-state index contributed by atoms with van der Waals surface area (Å²) in [4.78, 5) is 11.6. The molecule has 23 heavy (non-hydrogen) atoms. The van der Waals surface area contributed by atoms with Crippen molar-refractivity contribution in [2.24, 2.45) is 0 Å². The monoisotopic (exact) mass is 312 g/mol. The number of carboxylic acids is 1. The lowest BCUT2D eigenvalue weighted by atomic mass is 9.95. The predicted molar refractivity (Wildman–Crippen MR) is 92.3 cm³/mol. The van der Waals surface area contributed by atoms with Crippen LogP contribution in [0.1, 0.15) is 33.4 Å².